The number of hydrogen-bond acceptors (Lipinski definition) is 6. The van der Waals surface area contributed by atoms with E-state index in [1.54, 1.807) is 0 Å². The quantitative estimate of drug-likeness (QED) is 0.471. The molecule has 0 aromatic carbocycles. The summed E-state index contributed by atoms with van der Waals surface area (Å²) in [5.41, 5.74) is -3.81. The Bertz CT molecular complexity index is 396. The molecule has 114 valence electrons. The molecular formula is C12H20N2O6. The van der Waals surface area contributed by atoms with Crippen molar-refractivity contribution in [1.82, 2.24) is 0 Å². The van der Waals surface area contributed by atoms with E-state index in [2.05, 4.69) is 0 Å². The summed E-state index contributed by atoms with van der Waals surface area (Å²) in [5.74, 6) is -0.536. The van der Waals surface area contributed by atoms with E-state index in [1.807, 2.05) is 0 Å². The lowest BCUT2D eigenvalue weighted by molar-refractivity contribution is -0.681. The predicted molar refractivity (Wildman–Crippen MR) is 70.6 cm³/mol. The largest absolute Gasteiger partial charge is 0.300 e. The molecule has 0 rings (SSSR count). The fourth-order valence-electron chi connectivity index (χ4n) is 1.95. The molecule has 0 N–H and O–H groups in total. The zero-order valence-corrected chi connectivity index (χ0v) is 12.2. The summed E-state index contributed by atoms with van der Waals surface area (Å²) in [6, 6.07) is 0. The van der Waals surface area contributed by atoms with Gasteiger partial charge in [-0.2, -0.15) is 0 Å². The minimum absolute atomic E-state index is 0.110. The standard InChI is InChI=1S/C12H20N2O6/c1-9(15)5-7-11(3,13(17)18)12(4,14(19)20)8-6-10(2)16/h5-8H2,1-4H3/t11-,12+. The molecule has 0 bridgehead atoms. The summed E-state index contributed by atoms with van der Waals surface area (Å²) < 4.78 is 0. The van der Waals surface area contributed by atoms with E-state index >= 15 is 0 Å². The van der Waals surface area contributed by atoms with Crippen molar-refractivity contribution in [1.29, 1.82) is 0 Å². The molecule has 8 heteroatoms. The second-order valence-electron chi connectivity index (χ2n) is 5.47. The van der Waals surface area contributed by atoms with E-state index in [0.29, 0.717) is 0 Å². The van der Waals surface area contributed by atoms with Gasteiger partial charge in [0.05, 0.1) is 0 Å². The molecule has 0 radical (unpaired) electrons. The first-order valence-electron chi connectivity index (χ1n) is 6.25. The van der Waals surface area contributed by atoms with Gasteiger partial charge in [0.1, 0.15) is 11.6 Å². The van der Waals surface area contributed by atoms with Crippen LogP contribution in [-0.4, -0.2) is 32.5 Å². The number of carbonyl (C=O) groups is 2. The number of Topliss-reactive ketones (excluding diaryl/α,β-unsaturated/α-hetero) is 2. The van der Waals surface area contributed by atoms with E-state index in [9.17, 15) is 29.8 Å². The average Bonchev–Trinajstić information content (AvgIpc) is 2.31. The lowest BCUT2D eigenvalue weighted by Crippen LogP contribution is -2.60. The Balaban J connectivity index is 5.53. The van der Waals surface area contributed by atoms with Crippen molar-refractivity contribution in [2.45, 2.75) is 64.5 Å². The molecule has 0 saturated heterocycles. The van der Waals surface area contributed by atoms with Gasteiger partial charge in [-0.3, -0.25) is 20.2 Å². The SMILES string of the molecule is CC(=O)CC[C@@](C)([N+](=O)[O-])[C@](C)(CCC(C)=O)[N+](=O)[O-]. The second-order valence-corrected chi connectivity index (χ2v) is 5.47. The third kappa shape index (κ3) is 3.82. The van der Waals surface area contributed by atoms with Gasteiger partial charge in [-0.25, -0.2) is 0 Å². The van der Waals surface area contributed by atoms with Crippen molar-refractivity contribution in [3.05, 3.63) is 20.2 Å². The lowest BCUT2D eigenvalue weighted by atomic mass is 9.73. The summed E-state index contributed by atoms with van der Waals surface area (Å²) in [6.07, 6.45) is -0.683. The van der Waals surface area contributed by atoms with Gasteiger partial charge in [0.15, 0.2) is 0 Å². The molecule has 0 fully saturated rings. The zero-order chi connectivity index (χ0) is 16.1. The minimum atomic E-state index is -1.91. The number of nitro groups is 2. The van der Waals surface area contributed by atoms with Crippen LogP contribution in [0.5, 0.6) is 0 Å². The van der Waals surface area contributed by atoms with E-state index in [4.69, 9.17) is 0 Å². The molecule has 0 aromatic rings. The Morgan fingerprint density at radius 3 is 1.25 bits per heavy atom. The molecule has 0 amide bonds. The molecule has 0 saturated carbocycles. The fourth-order valence-corrected chi connectivity index (χ4v) is 1.95. The molecule has 20 heavy (non-hydrogen) atoms. The lowest BCUT2D eigenvalue weighted by Gasteiger charge is -2.32. The van der Waals surface area contributed by atoms with Crippen LogP contribution in [0, 0.1) is 20.2 Å². The Hall–Kier alpha value is -1.86. The minimum Gasteiger partial charge on any atom is -0.300 e. The van der Waals surface area contributed by atoms with Crippen LogP contribution in [0.25, 0.3) is 0 Å². The third-order valence-electron chi connectivity index (χ3n) is 3.89. The van der Waals surface area contributed by atoms with Crippen molar-refractivity contribution < 1.29 is 19.4 Å². The Morgan fingerprint density at radius 1 is 0.850 bits per heavy atom. The summed E-state index contributed by atoms with van der Waals surface area (Å²) >= 11 is 0. The van der Waals surface area contributed by atoms with Gasteiger partial charge in [0.2, 0.25) is 0 Å². The molecule has 0 aliphatic carbocycles. The molecule has 2 atom stereocenters. The van der Waals surface area contributed by atoms with Crippen LogP contribution in [0.2, 0.25) is 0 Å². The number of carbonyl (C=O) groups excluding carboxylic acids is 2. The number of hydrogen-bond donors (Lipinski definition) is 0. The molecular weight excluding hydrogens is 268 g/mol. The topological polar surface area (TPSA) is 120 Å². The zero-order valence-electron chi connectivity index (χ0n) is 12.2. The average molecular weight is 288 g/mol. The van der Waals surface area contributed by atoms with Crippen molar-refractivity contribution in [2.75, 3.05) is 0 Å². The van der Waals surface area contributed by atoms with E-state index in [0.717, 1.165) is 0 Å². The van der Waals surface area contributed by atoms with Gasteiger partial charge >= 0.3 is 0 Å². The van der Waals surface area contributed by atoms with E-state index in [1.165, 1.54) is 27.7 Å². The van der Waals surface area contributed by atoms with Gasteiger partial charge < -0.3 is 9.59 Å². The number of ketones is 2. The van der Waals surface area contributed by atoms with Crippen molar-refractivity contribution in [2.24, 2.45) is 0 Å². The van der Waals surface area contributed by atoms with Crippen LogP contribution < -0.4 is 0 Å². The molecule has 0 unspecified atom stereocenters. The Morgan fingerprint density at radius 2 is 1.10 bits per heavy atom. The number of nitrogens with zero attached hydrogens (tertiary/aromatic N) is 2. The van der Waals surface area contributed by atoms with Crippen molar-refractivity contribution >= 4 is 11.6 Å². The predicted octanol–water partition coefficient (Wildman–Crippen LogP) is 1.80. The van der Waals surface area contributed by atoms with Gasteiger partial charge in [-0.1, -0.05) is 0 Å². The normalized spacial score (nSPS) is 16.8. The third-order valence-corrected chi connectivity index (χ3v) is 3.89. The first-order valence-corrected chi connectivity index (χ1v) is 6.25. The van der Waals surface area contributed by atoms with Crippen LogP contribution in [0.4, 0.5) is 0 Å². The maximum absolute atomic E-state index is 11.3. The molecule has 0 aromatic heterocycles. The maximum atomic E-state index is 11.3. The van der Waals surface area contributed by atoms with Crippen molar-refractivity contribution in [3.8, 4) is 0 Å². The highest BCUT2D eigenvalue weighted by Gasteiger charge is 2.63. The van der Waals surface area contributed by atoms with Gasteiger partial charge in [0.25, 0.3) is 11.1 Å². The first-order chi connectivity index (χ1) is 8.97. The van der Waals surface area contributed by atoms with Crippen LogP contribution in [0.1, 0.15) is 53.4 Å². The fraction of sp³-hybridized carbons (Fsp3) is 0.833. The molecule has 8 nitrogen and oxygen atoms in total. The Labute approximate surface area is 116 Å². The summed E-state index contributed by atoms with van der Waals surface area (Å²) in [6.45, 7) is 4.89. The highest BCUT2D eigenvalue weighted by molar-refractivity contribution is 5.76. The Kier molecular flexibility index (Phi) is 5.93. The number of rotatable bonds is 9. The van der Waals surface area contributed by atoms with Crippen LogP contribution in [0.3, 0.4) is 0 Å². The highest BCUT2D eigenvalue weighted by Crippen LogP contribution is 2.36. The first kappa shape index (κ1) is 18.1. The van der Waals surface area contributed by atoms with Gasteiger partial charge in [-0.05, 0) is 13.8 Å². The van der Waals surface area contributed by atoms with Crippen LogP contribution in [0.15, 0.2) is 0 Å². The van der Waals surface area contributed by atoms with Crippen molar-refractivity contribution in [3.63, 3.8) is 0 Å². The molecule has 0 spiro atoms. The monoisotopic (exact) mass is 288 g/mol. The van der Waals surface area contributed by atoms with Crippen LogP contribution in [-0.2, 0) is 9.59 Å². The van der Waals surface area contributed by atoms with E-state index in [-0.39, 0.29) is 37.2 Å². The summed E-state index contributed by atoms with van der Waals surface area (Å²) in [4.78, 5) is 43.3. The molecule has 0 aliphatic heterocycles. The maximum Gasteiger partial charge on any atom is 0.287 e. The van der Waals surface area contributed by atoms with Gasteiger partial charge in [-0.15, -0.1) is 0 Å². The highest BCUT2D eigenvalue weighted by atomic mass is 16.6. The van der Waals surface area contributed by atoms with Gasteiger partial charge in [0, 0.05) is 49.4 Å². The van der Waals surface area contributed by atoms with E-state index < -0.39 is 20.9 Å². The second kappa shape index (κ2) is 6.53. The molecule has 0 aliphatic rings. The summed E-state index contributed by atoms with van der Waals surface area (Å²) in [7, 11) is 0. The molecule has 0 heterocycles. The summed E-state index contributed by atoms with van der Waals surface area (Å²) in [5, 5.41) is 22.7. The van der Waals surface area contributed by atoms with Crippen LogP contribution >= 0.6 is 0 Å². The smallest absolute Gasteiger partial charge is 0.287 e.